The normalized spacial score (nSPS) is 17.6. The van der Waals surface area contributed by atoms with Crippen LogP contribution in [0, 0.1) is 17.8 Å². The molecular formula is C16H25N3O2S. The number of carbonyl (C=O) groups is 1. The zero-order valence-corrected chi connectivity index (χ0v) is 14.6. The quantitative estimate of drug-likeness (QED) is 0.779. The topological polar surface area (TPSA) is 55.2 Å². The molecule has 0 spiro atoms. The Morgan fingerprint density at radius 3 is 2.59 bits per heavy atom. The highest BCUT2D eigenvalue weighted by Gasteiger charge is 2.30. The number of carbonyl (C=O) groups excluding carboxylic acids is 1. The van der Waals surface area contributed by atoms with E-state index in [-0.39, 0.29) is 17.4 Å². The van der Waals surface area contributed by atoms with Crippen LogP contribution in [0.2, 0.25) is 0 Å². The van der Waals surface area contributed by atoms with Gasteiger partial charge in [0.2, 0.25) is 5.91 Å². The van der Waals surface area contributed by atoms with Crippen molar-refractivity contribution in [2.75, 3.05) is 18.8 Å². The van der Waals surface area contributed by atoms with Crippen LogP contribution in [0.25, 0.3) is 0 Å². The number of thioether (sulfide) groups is 1. The van der Waals surface area contributed by atoms with E-state index in [1.165, 1.54) is 24.0 Å². The summed E-state index contributed by atoms with van der Waals surface area (Å²) in [5.41, 5.74) is -0.0748. The lowest BCUT2D eigenvalue weighted by Gasteiger charge is -2.32. The van der Waals surface area contributed by atoms with Crippen molar-refractivity contribution in [2.24, 2.45) is 17.8 Å². The SMILES string of the molecule is CC(C)CN(CC(C)C)C(=O)C1CSc2nccc(=O)n2C1. The Labute approximate surface area is 136 Å². The van der Waals surface area contributed by atoms with Gasteiger partial charge in [-0.1, -0.05) is 39.5 Å². The van der Waals surface area contributed by atoms with Crippen molar-refractivity contribution in [3.05, 3.63) is 22.6 Å². The van der Waals surface area contributed by atoms with Crippen LogP contribution in [0.3, 0.4) is 0 Å². The molecule has 1 aliphatic rings. The minimum Gasteiger partial charge on any atom is -0.342 e. The molecule has 1 atom stereocenters. The number of aromatic nitrogens is 2. The van der Waals surface area contributed by atoms with Crippen LogP contribution in [0.4, 0.5) is 0 Å². The third-order valence-electron chi connectivity index (χ3n) is 3.55. The number of rotatable bonds is 5. The molecule has 0 saturated heterocycles. The van der Waals surface area contributed by atoms with Crippen molar-refractivity contribution in [1.82, 2.24) is 14.5 Å². The van der Waals surface area contributed by atoms with Crippen LogP contribution >= 0.6 is 11.8 Å². The summed E-state index contributed by atoms with van der Waals surface area (Å²) in [6, 6.07) is 1.46. The Kier molecular flexibility index (Phi) is 5.67. The van der Waals surface area contributed by atoms with Gasteiger partial charge >= 0.3 is 0 Å². The molecule has 5 nitrogen and oxygen atoms in total. The molecule has 1 aromatic rings. The Bertz CT molecular complexity index is 573. The number of hydrogen-bond donors (Lipinski definition) is 0. The number of amides is 1. The van der Waals surface area contributed by atoms with Gasteiger partial charge in [0.15, 0.2) is 5.16 Å². The van der Waals surface area contributed by atoms with Crippen LogP contribution < -0.4 is 5.56 Å². The molecule has 22 heavy (non-hydrogen) atoms. The molecular weight excluding hydrogens is 298 g/mol. The summed E-state index contributed by atoms with van der Waals surface area (Å²) < 4.78 is 1.62. The first-order valence-electron chi connectivity index (χ1n) is 7.86. The predicted octanol–water partition coefficient (Wildman–Crippen LogP) is 2.11. The van der Waals surface area contributed by atoms with Crippen molar-refractivity contribution < 1.29 is 4.79 Å². The fourth-order valence-electron chi connectivity index (χ4n) is 2.69. The van der Waals surface area contributed by atoms with E-state index in [4.69, 9.17) is 0 Å². The van der Waals surface area contributed by atoms with Crippen LogP contribution in [0.5, 0.6) is 0 Å². The number of nitrogens with zero attached hydrogens (tertiary/aromatic N) is 3. The van der Waals surface area contributed by atoms with Crippen molar-refractivity contribution in [1.29, 1.82) is 0 Å². The second-order valence-corrected chi connectivity index (χ2v) is 7.70. The molecule has 0 aromatic carbocycles. The molecule has 0 N–H and O–H groups in total. The minimum atomic E-state index is -0.142. The first-order valence-corrected chi connectivity index (χ1v) is 8.84. The maximum atomic E-state index is 12.9. The van der Waals surface area contributed by atoms with Gasteiger partial charge in [-0.05, 0) is 11.8 Å². The molecule has 1 aliphatic heterocycles. The predicted molar refractivity (Wildman–Crippen MR) is 89.0 cm³/mol. The molecule has 1 aromatic heterocycles. The van der Waals surface area contributed by atoms with Gasteiger partial charge in [0, 0.05) is 37.7 Å². The van der Waals surface area contributed by atoms with E-state index in [1.54, 1.807) is 4.57 Å². The molecule has 1 unspecified atom stereocenters. The van der Waals surface area contributed by atoms with Gasteiger partial charge < -0.3 is 4.90 Å². The van der Waals surface area contributed by atoms with Crippen molar-refractivity contribution in [2.45, 2.75) is 39.4 Å². The standard InChI is InChI=1S/C16H25N3O2S/c1-11(2)7-18(8-12(3)4)15(21)13-9-19-14(20)5-6-17-16(19)22-10-13/h5-6,11-13H,7-10H2,1-4H3. The van der Waals surface area contributed by atoms with E-state index in [9.17, 15) is 9.59 Å². The highest BCUT2D eigenvalue weighted by Crippen LogP contribution is 2.26. The molecule has 2 heterocycles. The minimum absolute atomic E-state index is 0.0748. The number of fused-ring (bicyclic) bond motifs is 1. The van der Waals surface area contributed by atoms with E-state index in [2.05, 4.69) is 32.7 Å². The van der Waals surface area contributed by atoms with E-state index in [0.29, 0.717) is 24.1 Å². The third-order valence-corrected chi connectivity index (χ3v) is 4.70. The third kappa shape index (κ3) is 4.12. The lowest BCUT2D eigenvalue weighted by atomic mass is 10.1. The smallest absolute Gasteiger partial charge is 0.254 e. The maximum Gasteiger partial charge on any atom is 0.254 e. The monoisotopic (exact) mass is 323 g/mol. The van der Waals surface area contributed by atoms with Crippen LogP contribution in [-0.4, -0.2) is 39.2 Å². The molecule has 1 amide bonds. The Hall–Kier alpha value is -1.30. The molecule has 0 fully saturated rings. The van der Waals surface area contributed by atoms with Crippen molar-refractivity contribution >= 4 is 17.7 Å². The molecule has 0 saturated carbocycles. The lowest BCUT2D eigenvalue weighted by molar-refractivity contribution is -0.136. The second kappa shape index (κ2) is 7.31. The van der Waals surface area contributed by atoms with Crippen molar-refractivity contribution in [3.8, 4) is 0 Å². The first-order chi connectivity index (χ1) is 10.4. The average Bonchev–Trinajstić information content (AvgIpc) is 2.45. The fourth-order valence-corrected chi connectivity index (χ4v) is 3.75. The summed E-state index contributed by atoms with van der Waals surface area (Å²) in [6.07, 6.45) is 1.53. The highest BCUT2D eigenvalue weighted by molar-refractivity contribution is 7.99. The molecule has 122 valence electrons. The van der Waals surface area contributed by atoms with Gasteiger partial charge in [-0.25, -0.2) is 4.98 Å². The number of hydrogen-bond acceptors (Lipinski definition) is 4. The Balaban J connectivity index is 2.14. The fraction of sp³-hybridized carbons (Fsp3) is 0.688. The molecule has 0 radical (unpaired) electrons. The van der Waals surface area contributed by atoms with Gasteiger partial charge in [0.1, 0.15) is 0 Å². The first kappa shape index (κ1) is 17.1. The lowest BCUT2D eigenvalue weighted by Crippen LogP contribution is -2.45. The Morgan fingerprint density at radius 1 is 1.36 bits per heavy atom. The molecule has 0 aliphatic carbocycles. The van der Waals surface area contributed by atoms with Crippen molar-refractivity contribution in [3.63, 3.8) is 0 Å². The summed E-state index contributed by atoms with van der Waals surface area (Å²) in [5, 5.41) is 0.718. The van der Waals surface area contributed by atoms with Crippen LogP contribution in [-0.2, 0) is 11.3 Å². The summed E-state index contributed by atoms with van der Waals surface area (Å²) in [6.45, 7) is 10.5. The van der Waals surface area contributed by atoms with Gasteiger partial charge in [-0.3, -0.25) is 14.2 Å². The van der Waals surface area contributed by atoms with Crippen LogP contribution in [0.1, 0.15) is 27.7 Å². The summed E-state index contributed by atoms with van der Waals surface area (Å²) in [5.74, 6) is 1.60. The van der Waals surface area contributed by atoms with E-state index >= 15 is 0 Å². The summed E-state index contributed by atoms with van der Waals surface area (Å²) in [7, 11) is 0. The molecule has 0 bridgehead atoms. The van der Waals surface area contributed by atoms with E-state index < -0.39 is 0 Å². The van der Waals surface area contributed by atoms with Gasteiger partial charge in [-0.15, -0.1) is 0 Å². The molecule has 2 rings (SSSR count). The van der Waals surface area contributed by atoms with Gasteiger partial charge in [0.25, 0.3) is 5.56 Å². The maximum absolute atomic E-state index is 12.9. The summed E-state index contributed by atoms with van der Waals surface area (Å²) in [4.78, 5) is 31.0. The molecule has 6 heteroatoms. The van der Waals surface area contributed by atoms with Gasteiger partial charge in [0.05, 0.1) is 5.92 Å². The highest BCUT2D eigenvalue weighted by atomic mass is 32.2. The summed E-state index contributed by atoms with van der Waals surface area (Å²) >= 11 is 1.50. The average molecular weight is 323 g/mol. The van der Waals surface area contributed by atoms with Crippen LogP contribution in [0.15, 0.2) is 22.2 Å². The van der Waals surface area contributed by atoms with Gasteiger partial charge in [-0.2, -0.15) is 0 Å². The zero-order chi connectivity index (χ0) is 16.3. The van der Waals surface area contributed by atoms with E-state index in [0.717, 1.165) is 18.2 Å². The van der Waals surface area contributed by atoms with E-state index in [1.807, 2.05) is 4.90 Å². The largest absolute Gasteiger partial charge is 0.342 e. The second-order valence-electron chi connectivity index (χ2n) is 6.72. The Morgan fingerprint density at radius 2 is 2.00 bits per heavy atom. The zero-order valence-electron chi connectivity index (χ0n) is 13.8.